The molecule has 0 radical (unpaired) electrons. The molecule has 0 aliphatic carbocycles. The molecule has 0 saturated carbocycles. The summed E-state index contributed by atoms with van der Waals surface area (Å²) in [6, 6.07) is 2.73. The topological polar surface area (TPSA) is 51.1 Å². The van der Waals surface area contributed by atoms with Crippen molar-refractivity contribution >= 4 is 5.95 Å². The van der Waals surface area contributed by atoms with Crippen LogP contribution in [-0.2, 0) is 12.4 Å². The Morgan fingerprint density at radius 3 is 2.38 bits per heavy atom. The molecular formula is C15H12F6N4O. The Labute approximate surface area is 143 Å². The van der Waals surface area contributed by atoms with E-state index >= 15 is 0 Å². The Morgan fingerprint density at radius 1 is 1.00 bits per heavy atom. The normalized spacial score (nSPS) is 18.2. The number of aromatic nitrogens is 3. The summed E-state index contributed by atoms with van der Waals surface area (Å²) < 4.78 is 81.1. The Balaban J connectivity index is 1.64. The third-order valence-corrected chi connectivity index (χ3v) is 3.71. The van der Waals surface area contributed by atoms with Crippen molar-refractivity contribution in [1.82, 2.24) is 15.0 Å². The Bertz CT molecular complexity index is 762. The average molecular weight is 378 g/mol. The number of pyridine rings is 1. The van der Waals surface area contributed by atoms with E-state index in [2.05, 4.69) is 15.0 Å². The first-order chi connectivity index (χ1) is 12.1. The van der Waals surface area contributed by atoms with E-state index in [1.807, 2.05) is 0 Å². The third kappa shape index (κ3) is 4.14. The fourth-order valence-electron chi connectivity index (χ4n) is 2.45. The molecule has 1 saturated heterocycles. The van der Waals surface area contributed by atoms with Crippen molar-refractivity contribution < 1.29 is 31.1 Å². The molecule has 1 aliphatic rings. The van der Waals surface area contributed by atoms with Gasteiger partial charge in [0.05, 0.1) is 12.1 Å². The maximum absolute atomic E-state index is 12.7. The minimum atomic E-state index is -4.57. The Kier molecular flexibility index (Phi) is 4.63. The van der Waals surface area contributed by atoms with E-state index in [9.17, 15) is 26.3 Å². The fraction of sp³-hybridized carbons (Fsp3) is 0.400. The molecule has 1 unspecified atom stereocenters. The van der Waals surface area contributed by atoms with Gasteiger partial charge in [0.1, 0.15) is 11.8 Å². The second-order valence-corrected chi connectivity index (χ2v) is 5.60. The number of hydrogen-bond donors (Lipinski definition) is 0. The van der Waals surface area contributed by atoms with Gasteiger partial charge >= 0.3 is 12.4 Å². The molecule has 140 valence electrons. The summed E-state index contributed by atoms with van der Waals surface area (Å²) in [5.41, 5.74) is -1.94. The van der Waals surface area contributed by atoms with Gasteiger partial charge in [0, 0.05) is 31.4 Å². The van der Waals surface area contributed by atoms with Crippen LogP contribution in [0.15, 0.2) is 30.6 Å². The average Bonchev–Trinajstić information content (AvgIpc) is 3.02. The van der Waals surface area contributed by atoms with E-state index < -0.39 is 29.7 Å². The van der Waals surface area contributed by atoms with E-state index in [1.54, 1.807) is 0 Å². The number of halogens is 6. The Hall–Kier alpha value is -2.59. The lowest BCUT2D eigenvalue weighted by molar-refractivity contribution is -0.141. The maximum Gasteiger partial charge on any atom is 0.433 e. The van der Waals surface area contributed by atoms with Crippen molar-refractivity contribution in [3.05, 3.63) is 41.9 Å². The number of hydrogen-bond acceptors (Lipinski definition) is 5. The number of anilines is 1. The molecule has 3 rings (SSSR count). The highest BCUT2D eigenvalue weighted by atomic mass is 19.4. The molecule has 0 spiro atoms. The van der Waals surface area contributed by atoms with Crippen LogP contribution in [0.25, 0.3) is 0 Å². The predicted molar refractivity (Wildman–Crippen MR) is 77.5 cm³/mol. The van der Waals surface area contributed by atoms with Crippen LogP contribution in [-0.4, -0.2) is 34.1 Å². The van der Waals surface area contributed by atoms with E-state index in [0.717, 1.165) is 24.4 Å². The third-order valence-electron chi connectivity index (χ3n) is 3.71. The molecule has 2 aromatic rings. The van der Waals surface area contributed by atoms with Gasteiger partial charge in [0.25, 0.3) is 0 Å². The monoisotopic (exact) mass is 378 g/mol. The Morgan fingerprint density at radius 2 is 1.77 bits per heavy atom. The molecule has 0 bridgehead atoms. The van der Waals surface area contributed by atoms with E-state index in [4.69, 9.17) is 4.74 Å². The van der Waals surface area contributed by atoms with Crippen molar-refractivity contribution in [2.75, 3.05) is 18.0 Å². The van der Waals surface area contributed by atoms with Gasteiger partial charge in [-0.15, -0.1) is 0 Å². The number of nitrogens with zero attached hydrogens (tertiary/aromatic N) is 4. The van der Waals surface area contributed by atoms with Gasteiger partial charge in [-0.25, -0.2) is 15.0 Å². The summed E-state index contributed by atoms with van der Waals surface area (Å²) in [7, 11) is 0. The SMILES string of the molecule is FC(F)(F)c1ccc(OC2CCN(c3nccc(C(F)(F)F)n3)C2)nc1. The number of rotatable bonds is 3. The second kappa shape index (κ2) is 6.61. The predicted octanol–water partition coefficient (Wildman–Crippen LogP) is 3.57. The summed E-state index contributed by atoms with van der Waals surface area (Å²) in [6.07, 6.45) is -7.37. The van der Waals surface area contributed by atoms with Crippen LogP contribution in [0.4, 0.5) is 32.3 Å². The standard InChI is InChI=1S/C15H12F6N4O/c16-14(17,18)9-1-2-12(23-7-9)26-10-4-6-25(8-10)13-22-5-3-11(24-13)15(19,20)21/h1-3,5,7,10H,4,6,8H2. The largest absolute Gasteiger partial charge is 0.472 e. The fourth-order valence-corrected chi connectivity index (χ4v) is 2.45. The second-order valence-electron chi connectivity index (χ2n) is 5.60. The maximum atomic E-state index is 12.7. The van der Waals surface area contributed by atoms with E-state index in [0.29, 0.717) is 19.2 Å². The molecule has 11 heteroatoms. The first kappa shape index (κ1) is 18.2. The quantitative estimate of drug-likeness (QED) is 0.765. The van der Waals surface area contributed by atoms with Crippen molar-refractivity contribution in [3.63, 3.8) is 0 Å². The molecule has 26 heavy (non-hydrogen) atoms. The van der Waals surface area contributed by atoms with Crippen LogP contribution in [0.1, 0.15) is 17.7 Å². The lowest BCUT2D eigenvalue weighted by Gasteiger charge is -2.17. The van der Waals surface area contributed by atoms with Gasteiger partial charge in [-0.3, -0.25) is 0 Å². The van der Waals surface area contributed by atoms with Crippen molar-refractivity contribution in [1.29, 1.82) is 0 Å². The zero-order chi connectivity index (χ0) is 18.9. The molecular weight excluding hydrogens is 366 g/mol. The van der Waals surface area contributed by atoms with Crippen LogP contribution < -0.4 is 9.64 Å². The smallest absolute Gasteiger partial charge is 0.433 e. The molecule has 1 fully saturated rings. The molecule has 0 amide bonds. The first-order valence-corrected chi connectivity index (χ1v) is 7.48. The van der Waals surface area contributed by atoms with Gasteiger partial charge in [0.15, 0.2) is 0 Å². The van der Waals surface area contributed by atoms with Crippen molar-refractivity contribution in [2.24, 2.45) is 0 Å². The van der Waals surface area contributed by atoms with Crippen molar-refractivity contribution in [2.45, 2.75) is 24.9 Å². The zero-order valence-electron chi connectivity index (χ0n) is 13.1. The molecule has 5 nitrogen and oxygen atoms in total. The van der Waals surface area contributed by atoms with Gasteiger partial charge in [0.2, 0.25) is 11.8 Å². The highest BCUT2D eigenvalue weighted by Gasteiger charge is 2.34. The molecule has 2 aromatic heterocycles. The lowest BCUT2D eigenvalue weighted by atomic mass is 10.3. The molecule has 0 aromatic carbocycles. The van der Waals surface area contributed by atoms with Gasteiger partial charge in [-0.1, -0.05) is 0 Å². The van der Waals surface area contributed by atoms with Crippen LogP contribution in [0.3, 0.4) is 0 Å². The van der Waals surface area contributed by atoms with Gasteiger partial charge in [-0.2, -0.15) is 26.3 Å². The van der Waals surface area contributed by atoms with E-state index in [1.165, 1.54) is 4.90 Å². The molecule has 1 aliphatic heterocycles. The van der Waals surface area contributed by atoms with Crippen molar-refractivity contribution in [3.8, 4) is 5.88 Å². The van der Waals surface area contributed by atoms with Crippen LogP contribution in [0.5, 0.6) is 5.88 Å². The number of alkyl halides is 6. The summed E-state index contributed by atoms with van der Waals surface area (Å²) in [6.45, 7) is 0.552. The minimum absolute atomic E-state index is 0.00908. The summed E-state index contributed by atoms with van der Waals surface area (Å²) in [5, 5.41) is 0. The summed E-state index contributed by atoms with van der Waals surface area (Å²) in [4.78, 5) is 12.5. The van der Waals surface area contributed by atoms with Crippen LogP contribution >= 0.6 is 0 Å². The van der Waals surface area contributed by atoms with Gasteiger partial charge in [-0.05, 0) is 12.1 Å². The highest BCUT2D eigenvalue weighted by Crippen LogP contribution is 2.30. The lowest BCUT2D eigenvalue weighted by Crippen LogP contribution is -2.27. The minimum Gasteiger partial charge on any atom is -0.472 e. The molecule has 3 heterocycles. The first-order valence-electron chi connectivity index (χ1n) is 7.48. The molecule has 1 atom stereocenters. The highest BCUT2D eigenvalue weighted by molar-refractivity contribution is 5.33. The zero-order valence-corrected chi connectivity index (χ0v) is 13.1. The van der Waals surface area contributed by atoms with Crippen LogP contribution in [0.2, 0.25) is 0 Å². The van der Waals surface area contributed by atoms with Gasteiger partial charge < -0.3 is 9.64 Å². The van der Waals surface area contributed by atoms with Crippen LogP contribution in [0, 0.1) is 0 Å². The van der Waals surface area contributed by atoms with E-state index in [-0.39, 0.29) is 18.4 Å². The number of ether oxygens (including phenoxy) is 1. The summed E-state index contributed by atoms with van der Waals surface area (Å²) >= 11 is 0. The summed E-state index contributed by atoms with van der Waals surface area (Å²) in [5.74, 6) is -0.0684. The molecule has 0 N–H and O–H groups in total.